The number of Topliss-reactive ketones (excluding diaryl/α,β-unsaturated/α-hetero) is 1. The molecule has 132 valence electrons. The number of hydrogen-bond acceptors (Lipinski definition) is 5. The fraction of sp³-hybridized carbons (Fsp3) is 0.600. The van der Waals surface area contributed by atoms with Crippen molar-refractivity contribution < 1.29 is 14.3 Å². The lowest BCUT2D eigenvalue weighted by Gasteiger charge is -2.64. The van der Waals surface area contributed by atoms with Crippen LogP contribution in [0, 0.1) is 11.5 Å². The Balaban J connectivity index is 1.97. The van der Waals surface area contributed by atoms with Gasteiger partial charge in [-0.3, -0.25) is 4.79 Å². The molecule has 5 heteroatoms. The number of fused-ring (bicyclic) bond motifs is 1. The van der Waals surface area contributed by atoms with Crippen molar-refractivity contribution in [2.75, 3.05) is 20.3 Å². The number of rotatable bonds is 3. The Morgan fingerprint density at radius 1 is 1.40 bits per heavy atom. The SMILES string of the molecule is CCO[C@]12CCC(=O)C[C@@]13CCN(C#N)[C@@H]2Cc1ccc(OC)cc13. The van der Waals surface area contributed by atoms with E-state index in [4.69, 9.17) is 9.47 Å². The van der Waals surface area contributed by atoms with E-state index in [-0.39, 0.29) is 11.5 Å². The van der Waals surface area contributed by atoms with Gasteiger partial charge in [-0.05, 0) is 49.4 Å². The predicted molar refractivity (Wildman–Crippen MR) is 92.3 cm³/mol. The first-order chi connectivity index (χ1) is 12.1. The highest BCUT2D eigenvalue weighted by molar-refractivity contribution is 5.82. The van der Waals surface area contributed by atoms with Crippen molar-refractivity contribution in [1.82, 2.24) is 4.90 Å². The number of likely N-dealkylation sites (tertiary alicyclic amines) is 1. The maximum Gasteiger partial charge on any atom is 0.179 e. The van der Waals surface area contributed by atoms with E-state index in [0.29, 0.717) is 38.2 Å². The van der Waals surface area contributed by atoms with Gasteiger partial charge in [-0.2, -0.15) is 5.26 Å². The van der Waals surface area contributed by atoms with Gasteiger partial charge in [0.25, 0.3) is 0 Å². The van der Waals surface area contributed by atoms with E-state index in [9.17, 15) is 10.1 Å². The molecule has 0 aromatic heterocycles. The molecule has 5 nitrogen and oxygen atoms in total. The first-order valence-electron chi connectivity index (χ1n) is 9.09. The molecule has 1 aromatic carbocycles. The zero-order valence-corrected chi connectivity index (χ0v) is 14.9. The molecule has 1 aromatic rings. The summed E-state index contributed by atoms with van der Waals surface area (Å²) in [6.07, 6.45) is 5.66. The number of nitriles is 1. The van der Waals surface area contributed by atoms with E-state index in [0.717, 1.165) is 18.6 Å². The molecule has 25 heavy (non-hydrogen) atoms. The maximum absolute atomic E-state index is 12.5. The van der Waals surface area contributed by atoms with Crippen molar-refractivity contribution in [3.8, 4) is 11.9 Å². The fourth-order valence-electron chi connectivity index (χ4n) is 5.57. The molecular weight excluding hydrogens is 316 g/mol. The summed E-state index contributed by atoms with van der Waals surface area (Å²) in [7, 11) is 1.67. The third-order valence-corrected chi connectivity index (χ3v) is 6.55. The number of methoxy groups -OCH3 is 1. The number of benzene rings is 1. The van der Waals surface area contributed by atoms with Gasteiger partial charge in [0.15, 0.2) is 6.19 Å². The molecule has 1 aliphatic heterocycles. The van der Waals surface area contributed by atoms with Crippen LogP contribution in [0.25, 0.3) is 0 Å². The number of carbonyl (C=O) groups excluding carboxylic acids is 1. The summed E-state index contributed by atoms with van der Waals surface area (Å²) in [4.78, 5) is 14.4. The summed E-state index contributed by atoms with van der Waals surface area (Å²) in [5.41, 5.74) is 1.60. The Hall–Kier alpha value is -2.06. The molecule has 0 N–H and O–H groups in total. The summed E-state index contributed by atoms with van der Waals surface area (Å²) in [6, 6.07) is 6.17. The van der Waals surface area contributed by atoms with E-state index in [1.54, 1.807) is 7.11 Å². The lowest BCUT2D eigenvalue weighted by molar-refractivity contribution is -0.189. The fourth-order valence-corrected chi connectivity index (χ4v) is 5.57. The van der Waals surface area contributed by atoms with Crippen molar-refractivity contribution in [1.29, 1.82) is 5.26 Å². The van der Waals surface area contributed by atoms with Crippen LogP contribution in [0.5, 0.6) is 5.75 Å². The van der Waals surface area contributed by atoms with Crippen LogP contribution < -0.4 is 4.74 Å². The van der Waals surface area contributed by atoms with Gasteiger partial charge >= 0.3 is 0 Å². The van der Waals surface area contributed by atoms with Gasteiger partial charge in [-0.1, -0.05) is 6.07 Å². The summed E-state index contributed by atoms with van der Waals surface area (Å²) >= 11 is 0. The Kier molecular flexibility index (Phi) is 3.77. The molecule has 3 aliphatic rings. The van der Waals surface area contributed by atoms with Crippen LogP contribution in [-0.4, -0.2) is 42.6 Å². The van der Waals surface area contributed by atoms with E-state index >= 15 is 0 Å². The largest absolute Gasteiger partial charge is 0.497 e. The third kappa shape index (κ3) is 2.07. The summed E-state index contributed by atoms with van der Waals surface area (Å²) in [5.74, 6) is 1.12. The zero-order valence-electron chi connectivity index (χ0n) is 14.9. The van der Waals surface area contributed by atoms with Gasteiger partial charge in [0, 0.05) is 31.4 Å². The van der Waals surface area contributed by atoms with Crippen molar-refractivity contribution in [3.05, 3.63) is 29.3 Å². The van der Waals surface area contributed by atoms with E-state index in [1.165, 1.54) is 11.1 Å². The predicted octanol–water partition coefficient (Wildman–Crippen LogP) is 2.57. The molecule has 2 bridgehead atoms. The van der Waals surface area contributed by atoms with Gasteiger partial charge in [-0.25, -0.2) is 0 Å². The molecule has 1 heterocycles. The third-order valence-electron chi connectivity index (χ3n) is 6.55. The van der Waals surface area contributed by atoms with E-state index in [2.05, 4.69) is 18.3 Å². The highest BCUT2D eigenvalue weighted by Gasteiger charge is 2.66. The van der Waals surface area contributed by atoms with Crippen molar-refractivity contribution in [2.24, 2.45) is 0 Å². The highest BCUT2D eigenvalue weighted by atomic mass is 16.5. The maximum atomic E-state index is 12.5. The van der Waals surface area contributed by atoms with Crippen LogP contribution in [0.4, 0.5) is 0 Å². The molecule has 3 atom stereocenters. The summed E-state index contributed by atoms with van der Waals surface area (Å²) in [5, 5.41) is 9.69. The number of piperidine rings is 1. The van der Waals surface area contributed by atoms with Gasteiger partial charge in [0.1, 0.15) is 17.1 Å². The van der Waals surface area contributed by atoms with Crippen LogP contribution in [0.2, 0.25) is 0 Å². The molecule has 2 aliphatic carbocycles. The molecule has 0 unspecified atom stereocenters. The minimum absolute atomic E-state index is 0.000180. The summed E-state index contributed by atoms with van der Waals surface area (Å²) < 4.78 is 11.9. The van der Waals surface area contributed by atoms with Crippen LogP contribution in [-0.2, 0) is 21.4 Å². The average Bonchev–Trinajstić information content (AvgIpc) is 2.62. The lowest BCUT2D eigenvalue weighted by Crippen LogP contribution is -2.73. The highest BCUT2D eigenvalue weighted by Crippen LogP contribution is 2.59. The van der Waals surface area contributed by atoms with Gasteiger partial charge < -0.3 is 14.4 Å². The second kappa shape index (κ2) is 5.74. The summed E-state index contributed by atoms with van der Waals surface area (Å²) in [6.45, 7) is 3.28. The Labute approximate surface area is 148 Å². The molecule has 2 fully saturated rings. The second-order valence-corrected chi connectivity index (χ2v) is 7.41. The molecule has 4 rings (SSSR count). The molecule has 1 saturated carbocycles. The quantitative estimate of drug-likeness (QED) is 0.792. The van der Waals surface area contributed by atoms with Gasteiger partial charge in [0.05, 0.1) is 13.2 Å². The van der Waals surface area contributed by atoms with Crippen LogP contribution >= 0.6 is 0 Å². The Bertz CT molecular complexity index is 756. The number of ketones is 1. The van der Waals surface area contributed by atoms with Crippen LogP contribution in [0.3, 0.4) is 0 Å². The molecule has 0 amide bonds. The number of ether oxygens (including phenoxy) is 2. The first kappa shape index (κ1) is 16.4. The standard InChI is InChI=1S/C20H24N2O3/c1-3-25-20-7-6-15(23)12-19(20)8-9-22(13-21)18(20)10-14-4-5-16(24-2)11-17(14)19/h4-5,11,18H,3,6-10,12H2,1-2H3/t18-,19-,20+/m1/s1. The minimum Gasteiger partial charge on any atom is -0.497 e. The van der Waals surface area contributed by atoms with Gasteiger partial charge in [-0.15, -0.1) is 0 Å². The normalized spacial score (nSPS) is 33.2. The second-order valence-electron chi connectivity index (χ2n) is 7.41. The molecular formula is C20H24N2O3. The van der Waals surface area contributed by atoms with Crippen molar-refractivity contribution in [2.45, 2.75) is 56.1 Å². The first-order valence-corrected chi connectivity index (χ1v) is 9.09. The average molecular weight is 340 g/mol. The zero-order chi connectivity index (χ0) is 17.7. The van der Waals surface area contributed by atoms with E-state index < -0.39 is 5.60 Å². The van der Waals surface area contributed by atoms with Gasteiger partial charge in [0.2, 0.25) is 0 Å². The lowest BCUT2D eigenvalue weighted by atomic mass is 9.49. The molecule has 0 spiro atoms. The topological polar surface area (TPSA) is 62.6 Å². The molecule has 1 saturated heterocycles. The Morgan fingerprint density at radius 3 is 2.96 bits per heavy atom. The number of nitrogens with zero attached hydrogens (tertiary/aromatic N) is 2. The minimum atomic E-state index is -0.469. The van der Waals surface area contributed by atoms with Crippen molar-refractivity contribution >= 4 is 5.78 Å². The smallest absolute Gasteiger partial charge is 0.179 e. The number of hydrogen-bond donors (Lipinski definition) is 0. The monoisotopic (exact) mass is 340 g/mol. The molecule has 0 radical (unpaired) electrons. The Morgan fingerprint density at radius 2 is 2.24 bits per heavy atom. The number of carbonyl (C=O) groups is 1. The van der Waals surface area contributed by atoms with Crippen LogP contribution in [0.15, 0.2) is 18.2 Å². The van der Waals surface area contributed by atoms with Crippen molar-refractivity contribution in [3.63, 3.8) is 0 Å². The van der Waals surface area contributed by atoms with E-state index in [1.807, 2.05) is 17.9 Å². The van der Waals surface area contributed by atoms with Crippen LogP contribution in [0.1, 0.15) is 43.7 Å².